The minimum atomic E-state index is 0.476. The molecule has 0 fully saturated rings. The van der Waals surface area contributed by atoms with E-state index < -0.39 is 0 Å². The van der Waals surface area contributed by atoms with Gasteiger partial charge in [0.1, 0.15) is 11.5 Å². The summed E-state index contributed by atoms with van der Waals surface area (Å²) in [5.41, 5.74) is 2.40. The van der Waals surface area contributed by atoms with Crippen molar-refractivity contribution in [3.05, 3.63) is 70.7 Å². The van der Waals surface area contributed by atoms with E-state index in [2.05, 4.69) is 10.2 Å². The first-order valence-electron chi connectivity index (χ1n) is 11.4. The summed E-state index contributed by atoms with van der Waals surface area (Å²) in [5.74, 6) is 3.80. The zero-order valence-electron chi connectivity index (χ0n) is 21.6. The van der Waals surface area contributed by atoms with Gasteiger partial charge < -0.3 is 23.7 Å². The molecule has 9 nitrogen and oxygen atoms in total. The second kappa shape index (κ2) is 12.6. The van der Waals surface area contributed by atoms with E-state index in [1.807, 2.05) is 36.4 Å². The van der Waals surface area contributed by atoms with Crippen LogP contribution in [0, 0.1) is 0 Å². The minimum absolute atomic E-state index is 0.476. The van der Waals surface area contributed by atoms with Crippen LogP contribution in [0.1, 0.15) is 11.1 Å². The standard InChI is InChI=1S/C27H27ClN4O5S/c1-33-20-11-10-17(22(14-20)34-2)15-29-32-26(19-12-23(35-3)25(37-5)24(13-19)36-4)30-31-27(32)38-16-18-8-6-7-9-21(18)28/h6-15H,16H2,1-5H3/b29-15+. The van der Waals surface area contributed by atoms with E-state index in [-0.39, 0.29) is 0 Å². The lowest BCUT2D eigenvalue weighted by molar-refractivity contribution is 0.324. The smallest absolute Gasteiger partial charge is 0.212 e. The van der Waals surface area contributed by atoms with Crippen LogP contribution in [0.15, 0.2) is 64.9 Å². The van der Waals surface area contributed by atoms with Gasteiger partial charge >= 0.3 is 0 Å². The molecule has 0 aliphatic heterocycles. The Morgan fingerprint density at radius 3 is 2.18 bits per heavy atom. The second-order valence-corrected chi connectivity index (χ2v) is 9.11. The molecule has 198 valence electrons. The average Bonchev–Trinajstić information content (AvgIpc) is 3.37. The van der Waals surface area contributed by atoms with E-state index in [1.54, 1.807) is 64.6 Å². The number of methoxy groups -OCH3 is 5. The van der Waals surface area contributed by atoms with Gasteiger partial charge in [0.05, 0.1) is 41.8 Å². The summed E-state index contributed by atoms with van der Waals surface area (Å²) >= 11 is 7.84. The lowest BCUT2D eigenvalue weighted by Crippen LogP contribution is -2.00. The molecule has 0 radical (unpaired) electrons. The lowest BCUT2D eigenvalue weighted by atomic mass is 10.1. The van der Waals surface area contributed by atoms with E-state index in [9.17, 15) is 0 Å². The van der Waals surface area contributed by atoms with Crippen LogP contribution >= 0.6 is 23.4 Å². The Morgan fingerprint density at radius 1 is 0.842 bits per heavy atom. The normalized spacial score (nSPS) is 11.0. The van der Waals surface area contributed by atoms with Crippen molar-refractivity contribution < 1.29 is 23.7 Å². The van der Waals surface area contributed by atoms with E-state index in [4.69, 9.17) is 40.4 Å². The minimum Gasteiger partial charge on any atom is -0.497 e. The van der Waals surface area contributed by atoms with Crippen LogP contribution in [0.5, 0.6) is 28.7 Å². The molecule has 1 aromatic heterocycles. The van der Waals surface area contributed by atoms with Crippen molar-refractivity contribution in [2.24, 2.45) is 5.10 Å². The zero-order valence-corrected chi connectivity index (χ0v) is 23.2. The molecule has 0 saturated heterocycles. The van der Waals surface area contributed by atoms with Gasteiger partial charge in [-0.2, -0.15) is 9.78 Å². The molecular weight excluding hydrogens is 528 g/mol. The van der Waals surface area contributed by atoms with E-state index in [0.29, 0.717) is 56.1 Å². The molecule has 4 rings (SSSR count). The van der Waals surface area contributed by atoms with Crippen LogP contribution < -0.4 is 23.7 Å². The largest absolute Gasteiger partial charge is 0.497 e. The number of hydrogen-bond acceptors (Lipinski definition) is 9. The molecule has 0 aliphatic carbocycles. The van der Waals surface area contributed by atoms with Gasteiger partial charge in [-0.3, -0.25) is 0 Å². The third kappa shape index (κ3) is 5.81. The van der Waals surface area contributed by atoms with Gasteiger partial charge in [-0.25, -0.2) is 0 Å². The van der Waals surface area contributed by atoms with Gasteiger partial charge in [0, 0.05) is 28.0 Å². The number of ether oxygens (including phenoxy) is 5. The summed E-state index contributed by atoms with van der Waals surface area (Å²) in [6, 6.07) is 16.8. The molecule has 4 aromatic rings. The van der Waals surface area contributed by atoms with Gasteiger partial charge in [-0.15, -0.1) is 10.2 Å². The van der Waals surface area contributed by atoms with Crippen molar-refractivity contribution in [1.29, 1.82) is 0 Å². The van der Waals surface area contributed by atoms with Crippen molar-refractivity contribution in [2.45, 2.75) is 10.9 Å². The Hall–Kier alpha value is -3.89. The van der Waals surface area contributed by atoms with Gasteiger partial charge in [0.2, 0.25) is 10.9 Å². The maximum atomic E-state index is 6.38. The highest BCUT2D eigenvalue weighted by molar-refractivity contribution is 7.98. The van der Waals surface area contributed by atoms with Crippen molar-refractivity contribution in [3.63, 3.8) is 0 Å². The van der Waals surface area contributed by atoms with Crippen LogP contribution in [-0.2, 0) is 5.75 Å². The number of aromatic nitrogens is 3. The van der Waals surface area contributed by atoms with Crippen molar-refractivity contribution in [2.75, 3.05) is 35.5 Å². The highest BCUT2D eigenvalue weighted by Gasteiger charge is 2.20. The first-order chi connectivity index (χ1) is 18.5. The fourth-order valence-electron chi connectivity index (χ4n) is 3.65. The maximum absolute atomic E-state index is 6.38. The fraction of sp³-hybridized carbons (Fsp3) is 0.222. The number of hydrogen-bond donors (Lipinski definition) is 0. The first-order valence-corrected chi connectivity index (χ1v) is 12.8. The monoisotopic (exact) mass is 554 g/mol. The average molecular weight is 555 g/mol. The van der Waals surface area contributed by atoms with Gasteiger partial charge in [-0.1, -0.05) is 41.6 Å². The Morgan fingerprint density at radius 2 is 1.55 bits per heavy atom. The van der Waals surface area contributed by atoms with Gasteiger partial charge in [0.25, 0.3) is 0 Å². The zero-order chi connectivity index (χ0) is 27.1. The quantitative estimate of drug-likeness (QED) is 0.169. The van der Waals surface area contributed by atoms with Crippen molar-refractivity contribution in [3.8, 4) is 40.1 Å². The summed E-state index contributed by atoms with van der Waals surface area (Å²) in [4.78, 5) is 0. The third-order valence-electron chi connectivity index (χ3n) is 5.60. The van der Waals surface area contributed by atoms with Crippen molar-refractivity contribution >= 4 is 29.6 Å². The number of rotatable bonds is 11. The topological polar surface area (TPSA) is 89.2 Å². The number of benzene rings is 3. The molecule has 0 aliphatic rings. The Labute approximate surface area is 230 Å². The molecule has 0 saturated carbocycles. The van der Waals surface area contributed by atoms with Crippen LogP contribution in [0.2, 0.25) is 5.02 Å². The fourth-order valence-corrected chi connectivity index (χ4v) is 4.83. The summed E-state index contributed by atoms with van der Waals surface area (Å²) in [5, 5.41) is 14.9. The predicted molar refractivity (Wildman–Crippen MR) is 149 cm³/mol. The highest BCUT2D eigenvalue weighted by Crippen LogP contribution is 2.41. The molecule has 0 N–H and O–H groups in total. The maximum Gasteiger partial charge on any atom is 0.212 e. The van der Waals surface area contributed by atoms with Crippen LogP contribution in [0.4, 0.5) is 0 Å². The molecule has 0 spiro atoms. The number of nitrogens with zero attached hydrogens (tertiary/aromatic N) is 4. The number of thioether (sulfide) groups is 1. The predicted octanol–water partition coefficient (Wildman–Crippen LogP) is 5.82. The van der Waals surface area contributed by atoms with E-state index in [1.165, 1.54) is 11.8 Å². The van der Waals surface area contributed by atoms with E-state index in [0.717, 1.165) is 11.1 Å². The third-order valence-corrected chi connectivity index (χ3v) is 6.94. The second-order valence-electron chi connectivity index (χ2n) is 7.76. The van der Waals surface area contributed by atoms with Gasteiger partial charge in [-0.05, 0) is 35.9 Å². The molecule has 0 bridgehead atoms. The Bertz CT molecular complexity index is 1420. The van der Waals surface area contributed by atoms with Gasteiger partial charge in [0.15, 0.2) is 17.3 Å². The summed E-state index contributed by atoms with van der Waals surface area (Å²) in [6.45, 7) is 0. The molecule has 11 heteroatoms. The summed E-state index contributed by atoms with van der Waals surface area (Å²) in [7, 11) is 7.87. The van der Waals surface area contributed by atoms with Crippen LogP contribution in [0.3, 0.4) is 0 Å². The summed E-state index contributed by atoms with van der Waals surface area (Å²) < 4.78 is 29.0. The summed E-state index contributed by atoms with van der Waals surface area (Å²) in [6.07, 6.45) is 1.68. The van der Waals surface area contributed by atoms with Crippen molar-refractivity contribution in [1.82, 2.24) is 14.9 Å². The molecule has 3 aromatic carbocycles. The van der Waals surface area contributed by atoms with Crippen LogP contribution in [-0.4, -0.2) is 56.6 Å². The molecule has 1 heterocycles. The van der Waals surface area contributed by atoms with Crippen LogP contribution in [0.25, 0.3) is 11.4 Å². The molecule has 0 amide bonds. The SMILES string of the molecule is COc1ccc(/C=N/n2c(SCc3ccccc3Cl)nnc2-c2cc(OC)c(OC)c(OC)c2)c(OC)c1. The lowest BCUT2D eigenvalue weighted by Gasteiger charge is -2.14. The Kier molecular flexibility index (Phi) is 8.98. The molecule has 0 unspecified atom stereocenters. The Balaban J connectivity index is 1.80. The molecule has 38 heavy (non-hydrogen) atoms. The first kappa shape index (κ1) is 27.2. The highest BCUT2D eigenvalue weighted by atomic mass is 35.5. The molecular formula is C27H27ClN4O5S. The number of halogens is 1. The molecule has 0 atom stereocenters. The van der Waals surface area contributed by atoms with E-state index >= 15 is 0 Å².